The summed E-state index contributed by atoms with van der Waals surface area (Å²) in [5.41, 5.74) is 1.70. The van der Waals surface area contributed by atoms with E-state index in [-0.39, 0.29) is 17.1 Å². The van der Waals surface area contributed by atoms with Crippen LogP contribution >= 0.6 is 0 Å². The Hall–Kier alpha value is -0.420. The molecule has 4 heteroatoms. The SMILES string of the molecule is C=C1C[C@@]2(CC[C@@H]([C@@H]3C[C@@H](CCOC)[C@H]4CC[C@H](O)C[C@]4(O)C3)C2)[C@@H]2O[C@]2(C)C[C@@H]2CCC[C@@]3(C)C[C@H]1[C@@H]23. The van der Waals surface area contributed by atoms with Crippen LogP contribution in [0, 0.1) is 52.3 Å². The number of rotatable bonds is 4. The van der Waals surface area contributed by atoms with Gasteiger partial charge >= 0.3 is 0 Å². The molecule has 1 saturated heterocycles. The fraction of sp³-hybridized carbons (Fsp3) is 0.941. The van der Waals surface area contributed by atoms with Gasteiger partial charge in [0.05, 0.1) is 23.4 Å². The Bertz CT molecular complexity index is 949. The standard InChI is InChI=1S/C34H54O4/c1-21-15-33(30-32(3,38-30)16-24-6-5-11-31(2)20-27(21)29(24)31)12-9-23(17-33)25-14-22(10-13-37-4)28-8-7-26(35)19-34(28,36)18-25/h22-30,35-36H,1,5-20H2,2-4H3/t22-,23-,24+,25-,26+,27-,28-,29-,30-,31+,32-,33-,34-/m1/s1. The maximum Gasteiger partial charge on any atom is 0.0930 e. The fourth-order valence-electron chi connectivity index (χ4n) is 12.4. The first-order chi connectivity index (χ1) is 18.1. The summed E-state index contributed by atoms with van der Waals surface area (Å²) in [5, 5.41) is 22.5. The molecule has 2 N–H and O–H groups in total. The van der Waals surface area contributed by atoms with Crippen molar-refractivity contribution in [3.05, 3.63) is 12.2 Å². The van der Waals surface area contributed by atoms with Crippen molar-refractivity contribution >= 4 is 0 Å². The monoisotopic (exact) mass is 526 g/mol. The third-order valence-electron chi connectivity index (χ3n) is 13.9. The first-order valence-corrected chi connectivity index (χ1v) is 16.3. The molecule has 214 valence electrons. The highest BCUT2D eigenvalue weighted by molar-refractivity contribution is 5.25. The lowest BCUT2D eigenvalue weighted by atomic mass is 9.44. The molecule has 1 aliphatic heterocycles. The van der Waals surface area contributed by atoms with E-state index in [1.807, 2.05) is 0 Å². The van der Waals surface area contributed by atoms with Gasteiger partial charge in [-0.2, -0.15) is 0 Å². The number of aliphatic hydroxyl groups is 2. The lowest BCUT2D eigenvalue weighted by Gasteiger charge is -2.61. The summed E-state index contributed by atoms with van der Waals surface area (Å²) in [5.74, 6) is 4.42. The minimum absolute atomic E-state index is 0.0624. The molecule has 0 amide bonds. The van der Waals surface area contributed by atoms with Gasteiger partial charge in [-0.1, -0.05) is 31.9 Å². The summed E-state index contributed by atoms with van der Waals surface area (Å²) in [6.45, 7) is 10.6. The van der Waals surface area contributed by atoms with E-state index in [0.717, 1.165) is 50.0 Å². The lowest BCUT2D eigenvalue weighted by molar-refractivity contribution is -0.151. The second kappa shape index (κ2) is 9.04. The Morgan fingerprint density at radius 1 is 0.974 bits per heavy atom. The molecule has 0 aromatic rings. The van der Waals surface area contributed by atoms with Crippen LogP contribution in [0.15, 0.2) is 12.2 Å². The Kier molecular flexibility index (Phi) is 6.30. The van der Waals surface area contributed by atoms with Crippen molar-refractivity contribution < 1.29 is 19.7 Å². The predicted molar refractivity (Wildman–Crippen MR) is 149 cm³/mol. The third-order valence-corrected chi connectivity index (χ3v) is 13.9. The second-order valence-corrected chi connectivity index (χ2v) is 16.2. The Balaban J connectivity index is 1.13. The zero-order valence-electron chi connectivity index (χ0n) is 24.4. The van der Waals surface area contributed by atoms with Crippen molar-refractivity contribution in [1.82, 2.24) is 0 Å². The molecule has 4 nitrogen and oxygen atoms in total. The number of hydrogen-bond acceptors (Lipinski definition) is 4. The molecular weight excluding hydrogens is 472 g/mol. The van der Waals surface area contributed by atoms with E-state index in [4.69, 9.17) is 16.1 Å². The molecule has 7 rings (SSSR count). The van der Waals surface area contributed by atoms with Gasteiger partial charge in [0.15, 0.2) is 0 Å². The van der Waals surface area contributed by atoms with Crippen LogP contribution in [0.2, 0.25) is 0 Å². The number of hydrogen-bond donors (Lipinski definition) is 2. The number of allylic oxidation sites excluding steroid dienone is 1. The molecular formula is C34H54O4. The summed E-state index contributed by atoms with van der Waals surface area (Å²) in [6.07, 6.45) is 17.3. The van der Waals surface area contributed by atoms with Crippen LogP contribution in [0.3, 0.4) is 0 Å². The molecule has 6 saturated carbocycles. The minimum Gasteiger partial charge on any atom is -0.393 e. The number of fused-ring (bicyclic) bond motifs is 3. The molecule has 0 aromatic carbocycles. The lowest BCUT2D eigenvalue weighted by Crippen LogP contribution is -2.53. The summed E-state index contributed by atoms with van der Waals surface area (Å²) in [4.78, 5) is 0. The summed E-state index contributed by atoms with van der Waals surface area (Å²) in [7, 11) is 1.80. The van der Waals surface area contributed by atoms with Gasteiger partial charge in [-0.25, -0.2) is 0 Å². The van der Waals surface area contributed by atoms with Crippen LogP contribution in [0.4, 0.5) is 0 Å². The second-order valence-electron chi connectivity index (χ2n) is 16.2. The van der Waals surface area contributed by atoms with Crippen molar-refractivity contribution in [2.45, 2.75) is 134 Å². The molecule has 0 bridgehead atoms. The van der Waals surface area contributed by atoms with Gasteiger partial charge < -0.3 is 19.7 Å². The van der Waals surface area contributed by atoms with Gasteiger partial charge in [0, 0.05) is 25.6 Å². The molecule has 7 fully saturated rings. The van der Waals surface area contributed by atoms with Gasteiger partial charge in [0.25, 0.3) is 0 Å². The fourth-order valence-corrected chi connectivity index (χ4v) is 12.4. The summed E-state index contributed by atoms with van der Waals surface area (Å²) in [6, 6.07) is 0. The molecule has 1 spiro atoms. The molecule has 1 heterocycles. The number of aliphatic hydroxyl groups excluding tert-OH is 1. The third kappa shape index (κ3) is 4.04. The summed E-state index contributed by atoms with van der Waals surface area (Å²) < 4.78 is 12.3. The van der Waals surface area contributed by atoms with E-state index in [1.165, 1.54) is 64.2 Å². The van der Waals surface area contributed by atoms with Crippen LogP contribution in [0.1, 0.15) is 110 Å². The number of methoxy groups -OCH3 is 1. The van der Waals surface area contributed by atoms with E-state index < -0.39 is 5.60 Å². The van der Waals surface area contributed by atoms with Crippen LogP contribution in [-0.2, 0) is 9.47 Å². The Morgan fingerprint density at radius 3 is 2.63 bits per heavy atom. The van der Waals surface area contributed by atoms with Crippen molar-refractivity contribution in [1.29, 1.82) is 0 Å². The molecule has 0 unspecified atom stereocenters. The van der Waals surface area contributed by atoms with E-state index >= 15 is 0 Å². The molecule has 6 aliphatic carbocycles. The number of ether oxygens (including phenoxy) is 2. The van der Waals surface area contributed by atoms with Crippen LogP contribution in [0.5, 0.6) is 0 Å². The van der Waals surface area contributed by atoms with Gasteiger partial charge in [0.1, 0.15) is 0 Å². The van der Waals surface area contributed by atoms with Crippen molar-refractivity contribution in [2.75, 3.05) is 13.7 Å². The summed E-state index contributed by atoms with van der Waals surface area (Å²) >= 11 is 0. The molecule has 0 radical (unpaired) electrons. The van der Waals surface area contributed by atoms with Gasteiger partial charge in [-0.05, 0) is 131 Å². The molecule has 0 aromatic heterocycles. The average molecular weight is 527 g/mol. The first-order valence-electron chi connectivity index (χ1n) is 16.3. The van der Waals surface area contributed by atoms with E-state index in [2.05, 4.69) is 13.8 Å². The zero-order chi connectivity index (χ0) is 26.5. The predicted octanol–water partition coefficient (Wildman–Crippen LogP) is 6.68. The van der Waals surface area contributed by atoms with E-state index in [9.17, 15) is 10.2 Å². The van der Waals surface area contributed by atoms with Gasteiger partial charge in [-0.15, -0.1) is 0 Å². The van der Waals surface area contributed by atoms with Crippen LogP contribution in [0.25, 0.3) is 0 Å². The van der Waals surface area contributed by atoms with Gasteiger partial charge in [-0.3, -0.25) is 0 Å². The topological polar surface area (TPSA) is 62.2 Å². The van der Waals surface area contributed by atoms with Crippen LogP contribution in [-0.4, -0.2) is 47.3 Å². The smallest absolute Gasteiger partial charge is 0.0930 e. The first kappa shape index (κ1) is 26.5. The Labute approximate surface area is 231 Å². The van der Waals surface area contributed by atoms with Crippen LogP contribution < -0.4 is 0 Å². The Morgan fingerprint density at radius 2 is 1.82 bits per heavy atom. The van der Waals surface area contributed by atoms with Gasteiger partial charge in [0.2, 0.25) is 0 Å². The maximum absolute atomic E-state index is 12.0. The molecule has 13 atom stereocenters. The quantitative estimate of drug-likeness (QED) is 0.317. The normalized spacial score (nSPS) is 57.6. The highest BCUT2D eigenvalue weighted by atomic mass is 16.6. The minimum atomic E-state index is -0.701. The maximum atomic E-state index is 12.0. The van der Waals surface area contributed by atoms with E-state index in [1.54, 1.807) is 12.7 Å². The molecule has 38 heavy (non-hydrogen) atoms. The van der Waals surface area contributed by atoms with Crippen molar-refractivity contribution in [3.63, 3.8) is 0 Å². The highest BCUT2D eigenvalue weighted by Crippen LogP contribution is 2.70. The zero-order valence-corrected chi connectivity index (χ0v) is 24.4. The van der Waals surface area contributed by atoms with Crippen molar-refractivity contribution in [3.8, 4) is 0 Å². The van der Waals surface area contributed by atoms with E-state index in [0.29, 0.717) is 41.6 Å². The molecule has 7 aliphatic rings. The highest BCUT2D eigenvalue weighted by Gasteiger charge is 2.68. The number of epoxide rings is 1. The largest absolute Gasteiger partial charge is 0.393 e. The average Bonchev–Trinajstić information content (AvgIpc) is 3.32. The van der Waals surface area contributed by atoms with Crippen molar-refractivity contribution in [2.24, 2.45) is 52.3 Å².